The first-order valence-corrected chi connectivity index (χ1v) is 15.2. The van der Waals surface area contributed by atoms with Crippen molar-refractivity contribution in [2.75, 3.05) is 18.1 Å². The molecule has 2 aliphatic rings. The first-order chi connectivity index (χ1) is 18.8. The Bertz CT molecular complexity index is 1080. The summed E-state index contributed by atoms with van der Waals surface area (Å²) in [6.07, 6.45) is 9.32. The second-order valence-electron chi connectivity index (χ2n) is 11.1. The molecule has 2 aliphatic heterocycles. The lowest BCUT2D eigenvalue weighted by atomic mass is 10.0. The molecule has 3 heterocycles. The predicted octanol–water partition coefficient (Wildman–Crippen LogP) is 6.06. The number of nitrogens with zero attached hydrogens (tertiary/aromatic N) is 1. The van der Waals surface area contributed by atoms with Gasteiger partial charge in [-0.3, -0.25) is 4.79 Å². The van der Waals surface area contributed by atoms with Crippen LogP contribution in [0.5, 0.6) is 0 Å². The second-order valence-corrected chi connectivity index (χ2v) is 12.3. The summed E-state index contributed by atoms with van der Waals surface area (Å²) < 4.78 is 16.8. The van der Waals surface area contributed by atoms with E-state index in [1.54, 1.807) is 19.9 Å². The van der Waals surface area contributed by atoms with E-state index in [9.17, 15) is 14.7 Å². The van der Waals surface area contributed by atoms with Gasteiger partial charge in [-0.1, -0.05) is 38.3 Å². The summed E-state index contributed by atoms with van der Waals surface area (Å²) in [5, 5.41) is 9.50. The molecule has 1 amide bonds. The molecule has 2 aromatic rings. The van der Waals surface area contributed by atoms with Crippen molar-refractivity contribution < 1.29 is 28.9 Å². The van der Waals surface area contributed by atoms with E-state index in [4.69, 9.17) is 14.2 Å². The zero-order chi connectivity index (χ0) is 27.8. The molecule has 0 aliphatic carbocycles. The minimum atomic E-state index is -0.808. The van der Waals surface area contributed by atoms with Gasteiger partial charge in [-0.25, -0.2) is 4.79 Å². The van der Waals surface area contributed by atoms with Gasteiger partial charge >= 0.3 is 5.97 Å². The minimum Gasteiger partial charge on any atom is -0.459 e. The summed E-state index contributed by atoms with van der Waals surface area (Å²) >= 11 is 1.44. The maximum absolute atomic E-state index is 12.7. The lowest BCUT2D eigenvalue weighted by molar-refractivity contribution is -0.151. The Morgan fingerprint density at radius 3 is 2.56 bits per heavy atom. The smallest absolute Gasteiger partial charge is 0.348 e. The Hall–Kier alpha value is -2.26. The molecule has 4 rings (SSSR count). The van der Waals surface area contributed by atoms with Crippen LogP contribution in [0.2, 0.25) is 0 Å². The van der Waals surface area contributed by atoms with Crippen LogP contribution < -0.4 is 4.90 Å². The lowest BCUT2D eigenvalue weighted by Crippen LogP contribution is -2.32. The van der Waals surface area contributed by atoms with Gasteiger partial charge in [0.1, 0.15) is 23.7 Å². The quantitative estimate of drug-likeness (QED) is 0.225. The minimum absolute atomic E-state index is 0.0338. The number of carbonyl (C=O) groups is 2. The van der Waals surface area contributed by atoms with Crippen LogP contribution in [-0.2, 0) is 31.8 Å². The molecule has 8 heteroatoms. The fourth-order valence-corrected chi connectivity index (χ4v) is 6.46. The van der Waals surface area contributed by atoms with Gasteiger partial charge in [0.15, 0.2) is 5.79 Å². The van der Waals surface area contributed by atoms with E-state index >= 15 is 0 Å². The van der Waals surface area contributed by atoms with Crippen molar-refractivity contribution in [3.8, 4) is 0 Å². The van der Waals surface area contributed by atoms with Gasteiger partial charge in [0.2, 0.25) is 5.91 Å². The number of esters is 1. The summed E-state index contributed by atoms with van der Waals surface area (Å²) in [5.74, 6) is -0.991. The number of thiophene rings is 1. The molecule has 0 unspecified atom stereocenters. The number of anilines is 1. The predicted molar refractivity (Wildman–Crippen MR) is 153 cm³/mol. The molecule has 39 heavy (non-hydrogen) atoms. The van der Waals surface area contributed by atoms with Crippen LogP contribution in [0.1, 0.15) is 92.3 Å². The van der Waals surface area contributed by atoms with E-state index in [1.807, 2.05) is 11.0 Å². The summed E-state index contributed by atoms with van der Waals surface area (Å²) in [4.78, 5) is 29.0. The molecule has 0 bridgehead atoms. The SMILES string of the molecule is CCCCCCc1ccc(N2C(=O)CC[C@@H]2CCCc2ccc(C(=O)OC[C@@H]3OC(C)(C)O[C@H]3CO)s2)cc1. The molecule has 0 radical (unpaired) electrons. The van der Waals surface area contributed by atoms with Crippen LogP contribution in [0.3, 0.4) is 0 Å². The summed E-state index contributed by atoms with van der Waals surface area (Å²) in [7, 11) is 0. The molecule has 1 aromatic heterocycles. The van der Waals surface area contributed by atoms with Gasteiger partial charge in [-0.15, -0.1) is 11.3 Å². The van der Waals surface area contributed by atoms with Crippen LogP contribution in [-0.4, -0.2) is 54.2 Å². The Morgan fingerprint density at radius 2 is 1.82 bits per heavy atom. The average Bonchev–Trinajstić information content (AvgIpc) is 3.62. The number of hydrogen-bond acceptors (Lipinski definition) is 7. The van der Waals surface area contributed by atoms with Crippen molar-refractivity contribution in [3.05, 3.63) is 51.7 Å². The molecule has 1 aromatic carbocycles. The van der Waals surface area contributed by atoms with E-state index < -0.39 is 24.0 Å². The van der Waals surface area contributed by atoms with Crippen molar-refractivity contribution in [2.45, 2.75) is 109 Å². The average molecular weight is 558 g/mol. The zero-order valence-corrected chi connectivity index (χ0v) is 24.3. The third kappa shape index (κ3) is 8.13. The standard InChI is InChI=1S/C31H43NO6S/c1-4-5-6-7-9-22-12-14-24(15-13-22)32-23(16-19-29(32)34)10-8-11-25-17-18-28(39-25)30(35)36-21-27-26(20-33)37-31(2,3)38-27/h12-15,17-18,23,26-27,33H,4-11,16,19-21H2,1-3H3/t23-,26-,27-/m0/s1. The van der Waals surface area contributed by atoms with E-state index in [0.29, 0.717) is 11.3 Å². The number of aryl methyl sites for hydroxylation is 2. The molecule has 1 N–H and O–H groups in total. The van der Waals surface area contributed by atoms with Crippen LogP contribution in [0.25, 0.3) is 0 Å². The number of rotatable bonds is 14. The number of carbonyl (C=O) groups excluding carboxylic acids is 2. The van der Waals surface area contributed by atoms with Crippen molar-refractivity contribution in [1.29, 1.82) is 0 Å². The van der Waals surface area contributed by atoms with Crippen molar-refractivity contribution in [3.63, 3.8) is 0 Å². The number of aliphatic hydroxyl groups excluding tert-OH is 1. The second kappa shape index (κ2) is 13.9. The van der Waals surface area contributed by atoms with Gasteiger partial charge in [0, 0.05) is 23.0 Å². The highest BCUT2D eigenvalue weighted by Gasteiger charge is 2.41. The molecular weight excluding hydrogens is 514 g/mol. The number of aliphatic hydroxyl groups is 1. The maximum Gasteiger partial charge on any atom is 0.348 e. The fraction of sp³-hybridized carbons (Fsp3) is 0.613. The van der Waals surface area contributed by atoms with Crippen LogP contribution >= 0.6 is 11.3 Å². The van der Waals surface area contributed by atoms with Gasteiger partial charge in [0.05, 0.1) is 6.61 Å². The summed E-state index contributed by atoms with van der Waals surface area (Å²) in [5.41, 5.74) is 2.34. The lowest BCUT2D eigenvalue weighted by Gasteiger charge is -2.25. The molecule has 0 spiro atoms. The Labute approximate surface area is 236 Å². The molecular formula is C31H43NO6S. The van der Waals surface area contributed by atoms with E-state index in [-0.39, 0.29) is 25.2 Å². The Kier molecular flexibility index (Phi) is 10.6. The number of benzene rings is 1. The van der Waals surface area contributed by atoms with E-state index in [2.05, 4.69) is 31.2 Å². The summed E-state index contributed by atoms with van der Waals surface area (Å²) in [6, 6.07) is 12.6. The molecule has 0 saturated carbocycles. The van der Waals surface area contributed by atoms with Crippen LogP contribution in [0.4, 0.5) is 5.69 Å². The number of ether oxygens (including phenoxy) is 3. The molecule has 2 fully saturated rings. The monoisotopic (exact) mass is 557 g/mol. The highest BCUT2D eigenvalue weighted by Crippen LogP contribution is 2.31. The largest absolute Gasteiger partial charge is 0.459 e. The highest BCUT2D eigenvalue weighted by molar-refractivity contribution is 7.13. The first-order valence-electron chi connectivity index (χ1n) is 14.4. The van der Waals surface area contributed by atoms with Gasteiger partial charge in [0.25, 0.3) is 0 Å². The third-order valence-corrected chi connectivity index (χ3v) is 8.65. The molecule has 214 valence electrons. The summed E-state index contributed by atoms with van der Waals surface area (Å²) in [6.45, 7) is 5.62. The van der Waals surface area contributed by atoms with Crippen LogP contribution in [0.15, 0.2) is 36.4 Å². The van der Waals surface area contributed by atoms with Gasteiger partial charge < -0.3 is 24.2 Å². The fourth-order valence-electron chi connectivity index (χ4n) is 5.52. The Morgan fingerprint density at radius 1 is 1.05 bits per heavy atom. The Balaban J connectivity index is 1.23. The molecule has 3 atom stereocenters. The van der Waals surface area contributed by atoms with Gasteiger partial charge in [-0.05, 0) is 82.2 Å². The van der Waals surface area contributed by atoms with E-state index in [1.165, 1.54) is 42.6 Å². The van der Waals surface area contributed by atoms with Crippen molar-refractivity contribution in [2.24, 2.45) is 0 Å². The van der Waals surface area contributed by atoms with Crippen LogP contribution in [0, 0.1) is 0 Å². The number of amides is 1. The molecule has 2 saturated heterocycles. The third-order valence-electron chi connectivity index (χ3n) is 7.53. The van der Waals surface area contributed by atoms with Crippen molar-refractivity contribution in [1.82, 2.24) is 0 Å². The molecule has 7 nitrogen and oxygen atoms in total. The highest BCUT2D eigenvalue weighted by atomic mass is 32.1. The van der Waals surface area contributed by atoms with Crippen molar-refractivity contribution >= 4 is 28.9 Å². The number of hydrogen-bond donors (Lipinski definition) is 1. The van der Waals surface area contributed by atoms with Gasteiger partial charge in [-0.2, -0.15) is 0 Å². The zero-order valence-electron chi connectivity index (χ0n) is 23.5. The number of unbranched alkanes of at least 4 members (excludes halogenated alkanes) is 3. The topological polar surface area (TPSA) is 85.3 Å². The maximum atomic E-state index is 12.7. The van der Waals surface area contributed by atoms with E-state index in [0.717, 1.165) is 42.7 Å². The first kappa shape index (κ1) is 29.7. The normalized spacial score (nSPS) is 22.5.